The van der Waals surface area contributed by atoms with Crippen LogP contribution in [0.1, 0.15) is 0 Å². The summed E-state index contributed by atoms with van der Waals surface area (Å²) in [5, 5.41) is 2.22. The number of carbonyl (C=O) groups excluding carboxylic acids is 1. The summed E-state index contributed by atoms with van der Waals surface area (Å²) in [5.41, 5.74) is 0.296. The third kappa shape index (κ3) is 2.48. The summed E-state index contributed by atoms with van der Waals surface area (Å²) in [6.07, 6.45) is -1.60. The Bertz CT molecular complexity index is 407. The summed E-state index contributed by atoms with van der Waals surface area (Å²) in [4.78, 5) is 16.0. The molecule has 1 fully saturated rings. The lowest BCUT2D eigenvalue weighted by atomic mass is 10.1. The maximum atomic E-state index is 12.8. The molecule has 0 radical (unpaired) electrons. The van der Waals surface area contributed by atoms with Gasteiger partial charge in [-0.15, -0.1) is 0 Å². The van der Waals surface area contributed by atoms with Gasteiger partial charge in [0.25, 0.3) is 0 Å². The monoisotopic (exact) mass is 245 g/mol. The van der Waals surface area contributed by atoms with E-state index in [2.05, 4.69) is 10.3 Å². The van der Waals surface area contributed by atoms with E-state index in [1.54, 1.807) is 0 Å². The van der Waals surface area contributed by atoms with Gasteiger partial charge in [-0.3, -0.25) is 9.78 Å². The van der Waals surface area contributed by atoms with Crippen LogP contribution in [0.5, 0.6) is 0 Å². The SMILES string of the molecule is O=C1CN(c2cccnc2)C(C(F)(F)F)CN1. The van der Waals surface area contributed by atoms with Gasteiger partial charge in [0.1, 0.15) is 6.04 Å². The summed E-state index contributed by atoms with van der Waals surface area (Å²) < 4.78 is 38.4. The molecule has 0 aliphatic carbocycles. The van der Waals surface area contributed by atoms with E-state index < -0.39 is 24.7 Å². The normalized spacial score (nSPS) is 21.2. The Morgan fingerprint density at radius 1 is 1.47 bits per heavy atom. The van der Waals surface area contributed by atoms with Crippen molar-refractivity contribution in [2.24, 2.45) is 0 Å². The predicted octanol–water partition coefficient (Wildman–Crippen LogP) is 0.949. The van der Waals surface area contributed by atoms with Crippen molar-refractivity contribution in [3.63, 3.8) is 0 Å². The number of pyridine rings is 1. The molecule has 1 atom stereocenters. The molecule has 1 aromatic heterocycles. The van der Waals surface area contributed by atoms with Crippen LogP contribution < -0.4 is 10.2 Å². The molecular weight excluding hydrogens is 235 g/mol. The van der Waals surface area contributed by atoms with E-state index in [9.17, 15) is 18.0 Å². The van der Waals surface area contributed by atoms with Crippen molar-refractivity contribution in [2.75, 3.05) is 18.0 Å². The molecule has 7 heteroatoms. The Morgan fingerprint density at radius 3 is 2.82 bits per heavy atom. The van der Waals surface area contributed by atoms with Gasteiger partial charge in [0.05, 0.1) is 18.4 Å². The molecule has 0 aromatic carbocycles. The fourth-order valence-electron chi connectivity index (χ4n) is 1.73. The Hall–Kier alpha value is -1.79. The van der Waals surface area contributed by atoms with E-state index in [0.717, 1.165) is 4.90 Å². The first-order valence-corrected chi connectivity index (χ1v) is 4.98. The highest BCUT2D eigenvalue weighted by Crippen LogP contribution is 2.29. The topological polar surface area (TPSA) is 45.2 Å². The van der Waals surface area contributed by atoms with E-state index in [-0.39, 0.29) is 6.54 Å². The van der Waals surface area contributed by atoms with Crippen LogP contribution in [0.2, 0.25) is 0 Å². The first-order chi connectivity index (χ1) is 7.98. The van der Waals surface area contributed by atoms with Crippen LogP contribution in [0, 0.1) is 0 Å². The lowest BCUT2D eigenvalue weighted by Gasteiger charge is -2.37. The standard InChI is InChI=1S/C10H10F3N3O/c11-10(12,13)8-5-15-9(17)6-16(8)7-2-1-3-14-4-7/h1-4,8H,5-6H2,(H,15,17). The zero-order valence-corrected chi connectivity index (χ0v) is 8.74. The van der Waals surface area contributed by atoms with Crippen LogP contribution in [0.25, 0.3) is 0 Å². The second kappa shape index (κ2) is 4.23. The average molecular weight is 245 g/mol. The fourth-order valence-corrected chi connectivity index (χ4v) is 1.73. The first kappa shape index (κ1) is 11.7. The Kier molecular flexibility index (Phi) is 2.91. The number of hydrogen-bond acceptors (Lipinski definition) is 3. The number of carbonyl (C=O) groups is 1. The Labute approximate surface area is 95.4 Å². The van der Waals surface area contributed by atoms with Gasteiger partial charge >= 0.3 is 6.18 Å². The molecule has 1 unspecified atom stereocenters. The van der Waals surface area contributed by atoms with Crippen molar-refractivity contribution >= 4 is 11.6 Å². The van der Waals surface area contributed by atoms with Crippen molar-refractivity contribution in [1.29, 1.82) is 0 Å². The molecule has 1 aliphatic heterocycles. The van der Waals surface area contributed by atoms with Gasteiger partial charge in [0, 0.05) is 12.7 Å². The minimum absolute atomic E-state index is 0.296. The summed E-state index contributed by atoms with van der Waals surface area (Å²) in [7, 11) is 0. The Morgan fingerprint density at radius 2 is 2.24 bits per heavy atom. The van der Waals surface area contributed by atoms with E-state index in [1.165, 1.54) is 24.5 Å². The molecular formula is C10H10F3N3O. The number of rotatable bonds is 1. The highest BCUT2D eigenvalue weighted by Gasteiger charge is 2.46. The number of amides is 1. The van der Waals surface area contributed by atoms with Gasteiger partial charge in [-0.2, -0.15) is 13.2 Å². The quantitative estimate of drug-likeness (QED) is 0.801. The van der Waals surface area contributed by atoms with Crippen LogP contribution in [-0.2, 0) is 4.79 Å². The molecule has 17 heavy (non-hydrogen) atoms. The highest BCUT2D eigenvalue weighted by atomic mass is 19.4. The maximum Gasteiger partial charge on any atom is 0.410 e. The van der Waals surface area contributed by atoms with E-state index in [1.807, 2.05) is 0 Å². The third-order valence-corrected chi connectivity index (χ3v) is 2.54. The number of nitrogens with one attached hydrogen (secondary N) is 1. The minimum Gasteiger partial charge on any atom is -0.352 e. The summed E-state index contributed by atoms with van der Waals surface area (Å²) >= 11 is 0. The lowest BCUT2D eigenvalue weighted by Crippen LogP contribution is -2.60. The van der Waals surface area contributed by atoms with Gasteiger partial charge in [-0.05, 0) is 12.1 Å². The van der Waals surface area contributed by atoms with E-state index in [4.69, 9.17) is 0 Å². The molecule has 92 valence electrons. The third-order valence-electron chi connectivity index (χ3n) is 2.54. The molecule has 4 nitrogen and oxygen atoms in total. The van der Waals surface area contributed by atoms with Crippen molar-refractivity contribution in [1.82, 2.24) is 10.3 Å². The average Bonchev–Trinajstić information content (AvgIpc) is 2.28. The largest absolute Gasteiger partial charge is 0.410 e. The zero-order chi connectivity index (χ0) is 12.5. The zero-order valence-electron chi connectivity index (χ0n) is 8.74. The molecule has 0 saturated carbocycles. The number of aromatic nitrogens is 1. The number of piperazine rings is 1. The summed E-state index contributed by atoms with van der Waals surface area (Å²) in [5.74, 6) is -0.422. The van der Waals surface area contributed by atoms with Crippen LogP contribution in [0.4, 0.5) is 18.9 Å². The van der Waals surface area contributed by atoms with Gasteiger partial charge in [0.2, 0.25) is 5.91 Å². The predicted molar refractivity (Wildman–Crippen MR) is 54.4 cm³/mol. The molecule has 1 amide bonds. The number of halogens is 3. The first-order valence-electron chi connectivity index (χ1n) is 4.98. The maximum absolute atomic E-state index is 12.8. The van der Waals surface area contributed by atoms with Gasteiger partial charge in [-0.1, -0.05) is 0 Å². The molecule has 1 aromatic rings. The smallest absolute Gasteiger partial charge is 0.352 e. The van der Waals surface area contributed by atoms with Crippen molar-refractivity contribution in [3.8, 4) is 0 Å². The van der Waals surface area contributed by atoms with Gasteiger partial charge < -0.3 is 10.2 Å². The second-order valence-electron chi connectivity index (χ2n) is 3.70. The van der Waals surface area contributed by atoms with Crippen molar-refractivity contribution < 1.29 is 18.0 Å². The summed E-state index contributed by atoms with van der Waals surface area (Å²) in [6, 6.07) is 1.34. The van der Waals surface area contributed by atoms with Crippen LogP contribution >= 0.6 is 0 Å². The number of anilines is 1. The van der Waals surface area contributed by atoms with Gasteiger partial charge in [-0.25, -0.2) is 0 Å². The molecule has 2 heterocycles. The number of nitrogens with zero attached hydrogens (tertiary/aromatic N) is 2. The van der Waals surface area contributed by atoms with E-state index >= 15 is 0 Å². The molecule has 2 rings (SSSR count). The van der Waals surface area contributed by atoms with Crippen LogP contribution in [0.3, 0.4) is 0 Å². The fraction of sp³-hybridized carbons (Fsp3) is 0.400. The van der Waals surface area contributed by atoms with Crippen molar-refractivity contribution in [3.05, 3.63) is 24.5 Å². The molecule has 1 aliphatic rings. The molecule has 1 N–H and O–H groups in total. The van der Waals surface area contributed by atoms with Crippen LogP contribution in [0.15, 0.2) is 24.5 Å². The molecule has 0 spiro atoms. The lowest BCUT2D eigenvalue weighted by molar-refractivity contribution is -0.153. The minimum atomic E-state index is -4.39. The van der Waals surface area contributed by atoms with Gasteiger partial charge in [0.15, 0.2) is 0 Å². The van der Waals surface area contributed by atoms with E-state index in [0.29, 0.717) is 5.69 Å². The summed E-state index contributed by atoms with van der Waals surface area (Å²) in [6.45, 7) is -0.743. The highest BCUT2D eigenvalue weighted by molar-refractivity contribution is 5.83. The number of hydrogen-bond donors (Lipinski definition) is 1. The number of alkyl halides is 3. The van der Waals surface area contributed by atoms with Crippen LogP contribution in [-0.4, -0.2) is 36.2 Å². The van der Waals surface area contributed by atoms with Crippen molar-refractivity contribution in [2.45, 2.75) is 12.2 Å². The molecule has 1 saturated heterocycles. The molecule has 0 bridgehead atoms. The Balaban J connectivity index is 2.30. The second-order valence-corrected chi connectivity index (χ2v) is 3.70.